The number of halogens is 2. The Hall–Kier alpha value is -2.22. The second-order valence-electron chi connectivity index (χ2n) is 4.87. The van der Waals surface area contributed by atoms with Gasteiger partial charge in [-0.2, -0.15) is 4.68 Å². The van der Waals surface area contributed by atoms with E-state index in [0.29, 0.717) is 21.6 Å². The number of furan rings is 1. The van der Waals surface area contributed by atoms with Gasteiger partial charge in [0.1, 0.15) is 18.5 Å². The van der Waals surface area contributed by atoms with Crippen molar-refractivity contribution in [1.82, 2.24) is 9.78 Å². The van der Waals surface area contributed by atoms with E-state index in [1.165, 1.54) is 12.3 Å². The molecule has 2 heterocycles. The molecule has 9 heteroatoms. The van der Waals surface area contributed by atoms with E-state index < -0.39 is 11.9 Å². The van der Waals surface area contributed by atoms with Gasteiger partial charge in [-0.05, 0) is 30.3 Å². The van der Waals surface area contributed by atoms with Crippen LogP contribution in [0.4, 0.5) is 0 Å². The van der Waals surface area contributed by atoms with Crippen molar-refractivity contribution >= 4 is 23.2 Å². The molecule has 1 atom stereocenters. The highest BCUT2D eigenvalue weighted by molar-refractivity contribution is 6.35. The molecule has 1 unspecified atom stereocenters. The van der Waals surface area contributed by atoms with E-state index in [1.54, 1.807) is 24.3 Å². The molecule has 0 saturated carbocycles. The Kier molecular flexibility index (Phi) is 4.94. The second-order valence-corrected chi connectivity index (χ2v) is 5.72. The largest absolute Gasteiger partial charge is 0.489 e. The third kappa shape index (κ3) is 3.81. The lowest BCUT2D eigenvalue weighted by Crippen LogP contribution is -2.29. The number of aromatic nitrogens is 2. The minimum atomic E-state index is -0.996. The molecular weight excluding hydrogens is 359 g/mol. The first-order valence-electron chi connectivity index (χ1n) is 6.90. The Morgan fingerprint density at radius 1 is 1.33 bits per heavy atom. The third-order valence-electron chi connectivity index (χ3n) is 3.05. The summed E-state index contributed by atoms with van der Waals surface area (Å²) >= 11 is 11.8. The van der Waals surface area contributed by atoms with Crippen molar-refractivity contribution in [1.29, 1.82) is 0 Å². The summed E-state index contributed by atoms with van der Waals surface area (Å²) in [4.78, 5) is 11.7. The first-order valence-corrected chi connectivity index (χ1v) is 7.66. The van der Waals surface area contributed by atoms with Crippen LogP contribution in [0.25, 0.3) is 11.7 Å². The van der Waals surface area contributed by atoms with Crippen LogP contribution in [-0.2, 0) is 6.54 Å². The van der Waals surface area contributed by atoms with Crippen molar-refractivity contribution in [2.45, 2.75) is 12.6 Å². The molecule has 3 aromatic rings. The summed E-state index contributed by atoms with van der Waals surface area (Å²) in [5.74, 6) is 0.0391. The van der Waals surface area contributed by atoms with Gasteiger partial charge in [0, 0.05) is 5.02 Å². The molecule has 0 aliphatic heterocycles. The summed E-state index contributed by atoms with van der Waals surface area (Å²) in [6, 6.07) is 7.99. The molecule has 0 bridgehead atoms. The topological polar surface area (TPSA) is 90.6 Å². The number of nitrogens with zero attached hydrogens (tertiary/aromatic N) is 2. The fourth-order valence-corrected chi connectivity index (χ4v) is 2.42. The molecule has 0 spiro atoms. The summed E-state index contributed by atoms with van der Waals surface area (Å²) < 4.78 is 16.5. The van der Waals surface area contributed by atoms with Crippen molar-refractivity contribution in [3.05, 3.63) is 57.2 Å². The zero-order chi connectivity index (χ0) is 17.1. The highest BCUT2D eigenvalue weighted by Gasteiger charge is 2.16. The molecular formula is C15H12Cl2N2O5. The zero-order valence-corrected chi connectivity index (χ0v) is 13.7. The average molecular weight is 371 g/mol. The summed E-state index contributed by atoms with van der Waals surface area (Å²) in [5.41, 5.74) is 0. The number of hydrogen-bond donors (Lipinski definition) is 1. The normalized spacial score (nSPS) is 12.3. The number of aliphatic hydroxyl groups excluding tert-OH is 1. The van der Waals surface area contributed by atoms with Crippen LogP contribution in [0, 0.1) is 0 Å². The van der Waals surface area contributed by atoms with Gasteiger partial charge in [0.2, 0.25) is 0 Å². The van der Waals surface area contributed by atoms with Crippen LogP contribution in [-0.4, -0.2) is 27.6 Å². The molecule has 0 amide bonds. The van der Waals surface area contributed by atoms with Gasteiger partial charge < -0.3 is 18.7 Å². The first-order chi connectivity index (χ1) is 11.5. The third-order valence-corrected chi connectivity index (χ3v) is 3.58. The minimum absolute atomic E-state index is 0.0406. The quantitative estimate of drug-likeness (QED) is 0.717. The van der Waals surface area contributed by atoms with E-state index in [1.807, 2.05) is 0 Å². The molecule has 1 N–H and O–H groups in total. The van der Waals surface area contributed by atoms with E-state index >= 15 is 0 Å². The summed E-state index contributed by atoms with van der Waals surface area (Å²) in [5, 5.41) is 14.8. The van der Waals surface area contributed by atoms with E-state index in [0.717, 1.165) is 4.68 Å². The van der Waals surface area contributed by atoms with Gasteiger partial charge in [0.25, 0.3) is 5.89 Å². The smallest absolute Gasteiger partial charge is 0.437 e. The average Bonchev–Trinajstić information content (AvgIpc) is 3.17. The first kappa shape index (κ1) is 16.6. The van der Waals surface area contributed by atoms with Crippen LogP contribution in [0.5, 0.6) is 5.75 Å². The Morgan fingerprint density at radius 2 is 2.17 bits per heavy atom. The molecule has 0 aliphatic rings. The fraction of sp³-hybridized carbons (Fsp3) is 0.200. The van der Waals surface area contributed by atoms with Gasteiger partial charge in [0.05, 0.1) is 17.8 Å². The number of hydrogen-bond acceptors (Lipinski definition) is 6. The predicted octanol–water partition coefficient (Wildman–Crippen LogP) is 2.84. The van der Waals surface area contributed by atoms with Crippen LogP contribution in [0.3, 0.4) is 0 Å². The van der Waals surface area contributed by atoms with Crippen molar-refractivity contribution in [2.75, 3.05) is 6.61 Å². The van der Waals surface area contributed by atoms with Gasteiger partial charge in [-0.1, -0.05) is 23.2 Å². The minimum Gasteiger partial charge on any atom is -0.489 e. The summed E-state index contributed by atoms with van der Waals surface area (Å²) in [6.45, 7) is -0.189. The maximum atomic E-state index is 11.7. The van der Waals surface area contributed by atoms with E-state index in [9.17, 15) is 9.90 Å². The highest BCUT2D eigenvalue weighted by Crippen LogP contribution is 2.27. The van der Waals surface area contributed by atoms with Crippen molar-refractivity contribution in [3.63, 3.8) is 0 Å². The lowest BCUT2D eigenvalue weighted by atomic mass is 10.3. The van der Waals surface area contributed by atoms with Crippen molar-refractivity contribution in [3.8, 4) is 17.4 Å². The highest BCUT2D eigenvalue weighted by atomic mass is 35.5. The standard InChI is InChI=1S/C15H12Cl2N2O5/c16-9-3-4-12(11(17)6-9)23-8-10(20)7-19-15(21)24-14(18-19)13-2-1-5-22-13/h1-6,10,20H,7-8H2. The summed E-state index contributed by atoms with van der Waals surface area (Å²) in [7, 11) is 0. The Bertz CT molecular complexity index is 872. The van der Waals surface area contributed by atoms with Crippen LogP contribution in [0.15, 0.2) is 50.2 Å². The van der Waals surface area contributed by atoms with Gasteiger partial charge in [-0.3, -0.25) is 0 Å². The Labute approximate surface area is 146 Å². The van der Waals surface area contributed by atoms with E-state index in [2.05, 4.69) is 5.10 Å². The molecule has 0 fully saturated rings. The fourth-order valence-electron chi connectivity index (χ4n) is 1.95. The van der Waals surface area contributed by atoms with E-state index in [-0.39, 0.29) is 19.0 Å². The Morgan fingerprint density at radius 3 is 2.88 bits per heavy atom. The molecule has 0 saturated heterocycles. The monoisotopic (exact) mass is 370 g/mol. The molecule has 24 heavy (non-hydrogen) atoms. The number of benzene rings is 1. The number of rotatable bonds is 6. The SMILES string of the molecule is O=c1oc(-c2ccco2)nn1CC(O)COc1ccc(Cl)cc1Cl. The maximum Gasteiger partial charge on any atom is 0.437 e. The van der Waals surface area contributed by atoms with Crippen LogP contribution < -0.4 is 10.5 Å². The molecule has 2 aromatic heterocycles. The number of aliphatic hydroxyl groups is 1. The second kappa shape index (κ2) is 7.12. The van der Waals surface area contributed by atoms with Crippen LogP contribution in [0.2, 0.25) is 10.0 Å². The van der Waals surface area contributed by atoms with Crippen LogP contribution >= 0.6 is 23.2 Å². The van der Waals surface area contributed by atoms with Gasteiger partial charge in [0.15, 0.2) is 5.76 Å². The van der Waals surface area contributed by atoms with Gasteiger partial charge in [-0.25, -0.2) is 4.79 Å². The Balaban J connectivity index is 1.63. The lowest BCUT2D eigenvalue weighted by molar-refractivity contribution is 0.0876. The molecule has 1 aromatic carbocycles. The van der Waals surface area contributed by atoms with Crippen molar-refractivity contribution in [2.24, 2.45) is 0 Å². The van der Waals surface area contributed by atoms with Gasteiger partial charge >= 0.3 is 5.76 Å². The van der Waals surface area contributed by atoms with Crippen molar-refractivity contribution < 1.29 is 18.7 Å². The molecule has 0 radical (unpaired) electrons. The lowest BCUT2D eigenvalue weighted by Gasteiger charge is -2.12. The van der Waals surface area contributed by atoms with E-state index in [4.69, 9.17) is 36.8 Å². The number of ether oxygens (including phenoxy) is 1. The molecule has 126 valence electrons. The summed E-state index contributed by atoms with van der Waals surface area (Å²) in [6.07, 6.45) is 0.441. The van der Waals surface area contributed by atoms with Crippen LogP contribution in [0.1, 0.15) is 0 Å². The maximum absolute atomic E-state index is 11.7. The predicted molar refractivity (Wildman–Crippen MR) is 86.4 cm³/mol. The van der Waals surface area contributed by atoms with Gasteiger partial charge in [-0.15, -0.1) is 5.10 Å². The zero-order valence-electron chi connectivity index (χ0n) is 12.2. The molecule has 7 nitrogen and oxygen atoms in total. The molecule has 0 aliphatic carbocycles. The molecule has 3 rings (SSSR count).